The van der Waals surface area contributed by atoms with Crippen molar-refractivity contribution in [3.8, 4) is 0 Å². The maximum Gasteiger partial charge on any atom is 0.0388 e. The Morgan fingerprint density at radius 2 is 2.00 bits per heavy atom. The van der Waals surface area contributed by atoms with Crippen LogP contribution in [-0.4, -0.2) is 12.8 Å². The van der Waals surface area contributed by atoms with Crippen LogP contribution in [0.15, 0.2) is 17.1 Å². The number of nitrogens with zero attached hydrogens (tertiary/aromatic N) is 1. The summed E-state index contributed by atoms with van der Waals surface area (Å²) in [4.78, 5) is 4.29. The molecule has 1 aliphatic heterocycles. The molecule has 2 aliphatic rings. The first kappa shape index (κ1) is 12.4. The molecule has 0 aromatic carbocycles. The summed E-state index contributed by atoms with van der Waals surface area (Å²) in [5.74, 6) is 1.60. The molecule has 0 aromatic heterocycles. The highest BCUT2D eigenvalue weighted by Gasteiger charge is 2.21. The highest BCUT2D eigenvalue weighted by atomic mass is 14.7. The molecule has 0 saturated carbocycles. The molecule has 1 aliphatic carbocycles. The van der Waals surface area contributed by atoms with Crippen LogP contribution in [0.4, 0.5) is 0 Å². The van der Waals surface area contributed by atoms with Gasteiger partial charge in [0.15, 0.2) is 0 Å². The van der Waals surface area contributed by atoms with Crippen molar-refractivity contribution >= 4 is 6.21 Å². The van der Waals surface area contributed by atoms with Gasteiger partial charge in [-0.05, 0) is 25.2 Å². The second-order valence-electron chi connectivity index (χ2n) is 3.19. The predicted molar refractivity (Wildman–Crippen MR) is 61.4 cm³/mol. The lowest BCUT2D eigenvalue weighted by Crippen LogP contribution is -2.21. The molecule has 0 amide bonds. The van der Waals surface area contributed by atoms with Crippen LogP contribution in [0.3, 0.4) is 0 Å². The summed E-state index contributed by atoms with van der Waals surface area (Å²) < 4.78 is 0. The van der Waals surface area contributed by atoms with Crippen LogP contribution >= 0.6 is 0 Å². The summed E-state index contributed by atoms with van der Waals surface area (Å²) in [6.45, 7) is 5.06. The van der Waals surface area contributed by atoms with Crippen molar-refractivity contribution in [2.75, 3.05) is 6.54 Å². The molecule has 1 heteroatoms. The molecule has 1 nitrogen and oxygen atoms in total. The summed E-state index contributed by atoms with van der Waals surface area (Å²) in [6, 6.07) is 0. The molecule has 0 radical (unpaired) electrons. The third kappa shape index (κ3) is 3.33. The Kier molecular flexibility index (Phi) is 6.56. The molecule has 76 valence electrons. The fraction of sp³-hybridized carbons (Fsp3) is 0.750. The first-order valence-electron chi connectivity index (χ1n) is 5.13. The highest BCUT2D eigenvalue weighted by Crippen LogP contribution is 2.28. The Balaban J connectivity index is 0.000000451. The lowest BCUT2D eigenvalue weighted by molar-refractivity contribution is 0.392. The standard InChI is InChI=1S/C9H13N.C2H6.CH4/c1-2-4-9-7-10-6-5-8(9)3-1;1-2;/h2,4,7-9H,1,3,5-6H2;1-2H3;1H4. The summed E-state index contributed by atoms with van der Waals surface area (Å²) in [5.41, 5.74) is 0. The molecule has 13 heavy (non-hydrogen) atoms. The molecule has 0 fully saturated rings. The first-order chi connectivity index (χ1) is 5.97. The van der Waals surface area contributed by atoms with Crippen LogP contribution < -0.4 is 0 Å². The molecule has 0 bridgehead atoms. The van der Waals surface area contributed by atoms with Crippen molar-refractivity contribution in [1.29, 1.82) is 0 Å². The second kappa shape index (κ2) is 6.88. The predicted octanol–water partition coefficient (Wildman–Crippen LogP) is 3.71. The minimum Gasteiger partial charge on any atom is -0.297 e. The lowest BCUT2D eigenvalue weighted by atomic mass is 9.81. The molecule has 2 atom stereocenters. The number of fused-ring (bicyclic) bond motifs is 1. The Morgan fingerprint density at radius 3 is 2.69 bits per heavy atom. The number of hydrogen-bond acceptors (Lipinski definition) is 1. The van der Waals surface area contributed by atoms with Gasteiger partial charge in [-0.2, -0.15) is 0 Å². The molecule has 0 aromatic rings. The normalized spacial score (nSPS) is 29.4. The van der Waals surface area contributed by atoms with E-state index in [9.17, 15) is 0 Å². The van der Waals surface area contributed by atoms with E-state index in [1.165, 1.54) is 19.3 Å². The first-order valence-corrected chi connectivity index (χ1v) is 5.13. The highest BCUT2D eigenvalue weighted by molar-refractivity contribution is 5.64. The van der Waals surface area contributed by atoms with Gasteiger partial charge < -0.3 is 0 Å². The lowest BCUT2D eigenvalue weighted by Gasteiger charge is -2.26. The minimum absolute atomic E-state index is 0. The van der Waals surface area contributed by atoms with E-state index >= 15 is 0 Å². The summed E-state index contributed by atoms with van der Waals surface area (Å²) in [7, 11) is 0. The SMILES string of the molecule is C.C1=CC2C=NCCC2CC1.CC. The van der Waals surface area contributed by atoms with E-state index in [0.717, 1.165) is 12.5 Å². The van der Waals surface area contributed by atoms with Gasteiger partial charge in [0, 0.05) is 18.7 Å². The Bertz CT molecular complexity index is 152. The third-order valence-corrected chi connectivity index (χ3v) is 2.51. The van der Waals surface area contributed by atoms with Crippen LogP contribution in [0.25, 0.3) is 0 Å². The van der Waals surface area contributed by atoms with Gasteiger partial charge in [-0.3, -0.25) is 4.99 Å². The maximum absolute atomic E-state index is 4.29. The number of allylic oxidation sites excluding steroid dienone is 2. The van der Waals surface area contributed by atoms with E-state index in [-0.39, 0.29) is 7.43 Å². The summed E-state index contributed by atoms with van der Waals surface area (Å²) >= 11 is 0. The van der Waals surface area contributed by atoms with Crippen molar-refractivity contribution in [3.63, 3.8) is 0 Å². The van der Waals surface area contributed by atoms with Gasteiger partial charge in [-0.15, -0.1) is 0 Å². The van der Waals surface area contributed by atoms with Crippen LogP contribution in [-0.2, 0) is 0 Å². The second-order valence-corrected chi connectivity index (χ2v) is 3.19. The van der Waals surface area contributed by atoms with Crippen molar-refractivity contribution in [1.82, 2.24) is 0 Å². The van der Waals surface area contributed by atoms with Gasteiger partial charge in [-0.25, -0.2) is 0 Å². The van der Waals surface area contributed by atoms with Crippen molar-refractivity contribution in [2.45, 2.75) is 40.5 Å². The average molecular weight is 181 g/mol. The largest absolute Gasteiger partial charge is 0.297 e. The summed E-state index contributed by atoms with van der Waals surface area (Å²) in [6.07, 6.45) is 10.7. The summed E-state index contributed by atoms with van der Waals surface area (Å²) in [5, 5.41) is 0. The van der Waals surface area contributed by atoms with Gasteiger partial charge in [0.25, 0.3) is 0 Å². The van der Waals surface area contributed by atoms with Gasteiger partial charge in [-0.1, -0.05) is 33.4 Å². The number of hydrogen-bond donors (Lipinski definition) is 0. The van der Waals surface area contributed by atoms with Gasteiger partial charge >= 0.3 is 0 Å². The maximum atomic E-state index is 4.29. The van der Waals surface area contributed by atoms with Crippen LogP contribution in [0.1, 0.15) is 40.5 Å². The monoisotopic (exact) mass is 181 g/mol. The number of rotatable bonds is 0. The Morgan fingerprint density at radius 1 is 1.23 bits per heavy atom. The zero-order valence-electron chi connectivity index (χ0n) is 8.16. The number of aliphatic imine (C=N–C) groups is 1. The topological polar surface area (TPSA) is 12.4 Å². The molecule has 0 N–H and O–H groups in total. The quantitative estimate of drug-likeness (QED) is 0.505. The van der Waals surface area contributed by atoms with Crippen LogP contribution in [0.2, 0.25) is 0 Å². The molecule has 2 rings (SSSR count). The Labute approximate surface area is 83.0 Å². The zero-order valence-corrected chi connectivity index (χ0v) is 8.16. The van der Waals surface area contributed by atoms with Crippen molar-refractivity contribution in [2.24, 2.45) is 16.8 Å². The molecular formula is C12H23N. The Hall–Kier alpha value is -0.590. The van der Waals surface area contributed by atoms with E-state index in [1.54, 1.807) is 0 Å². The van der Waals surface area contributed by atoms with E-state index in [4.69, 9.17) is 0 Å². The fourth-order valence-corrected chi connectivity index (χ4v) is 1.86. The average Bonchev–Trinajstić information content (AvgIpc) is 2.21. The van der Waals surface area contributed by atoms with Crippen molar-refractivity contribution < 1.29 is 0 Å². The van der Waals surface area contributed by atoms with Gasteiger partial charge in [0.05, 0.1) is 0 Å². The molecule has 1 heterocycles. The van der Waals surface area contributed by atoms with E-state index in [0.29, 0.717) is 5.92 Å². The van der Waals surface area contributed by atoms with E-state index in [2.05, 4.69) is 23.4 Å². The van der Waals surface area contributed by atoms with E-state index in [1.807, 2.05) is 13.8 Å². The van der Waals surface area contributed by atoms with Gasteiger partial charge in [0.1, 0.15) is 0 Å². The third-order valence-electron chi connectivity index (χ3n) is 2.51. The molecular weight excluding hydrogens is 158 g/mol. The molecule has 0 spiro atoms. The molecule has 0 saturated heterocycles. The minimum atomic E-state index is 0. The smallest absolute Gasteiger partial charge is 0.0388 e. The van der Waals surface area contributed by atoms with Crippen LogP contribution in [0.5, 0.6) is 0 Å². The molecule has 2 unspecified atom stereocenters. The van der Waals surface area contributed by atoms with E-state index < -0.39 is 0 Å². The van der Waals surface area contributed by atoms with Gasteiger partial charge in [0.2, 0.25) is 0 Å². The van der Waals surface area contributed by atoms with Crippen molar-refractivity contribution in [3.05, 3.63) is 12.2 Å². The zero-order chi connectivity index (χ0) is 8.81. The van der Waals surface area contributed by atoms with Crippen LogP contribution in [0, 0.1) is 11.8 Å². The fourth-order valence-electron chi connectivity index (χ4n) is 1.86.